The van der Waals surface area contributed by atoms with Gasteiger partial charge in [0.1, 0.15) is 12.4 Å². The van der Waals surface area contributed by atoms with Crippen LogP contribution in [0.3, 0.4) is 0 Å². The van der Waals surface area contributed by atoms with Crippen LogP contribution in [0.5, 0.6) is 0 Å². The summed E-state index contributed by atoms with van der Waals surface area (Å²) >= 11 is 6.11. The molecule has 0 aromatic rings. The standard InChI is InChI=1S/C23H37ClN4O4/c1-5-19(24)14-20(17(3)8-7-11-25-16-29)32-13-12-27-22(18-9-10-18)23(31)28(4)15-21(30)26-6-2/h5,14,16,18,22,27H,1,6-13,15H2,2-4H3,(H,25,29)(H,26,30)/b19-14+,20-17-. The molecule has 8 nitrogen and oxygen atoms in total. The van der Waals surface area contributed by atoms with Crippen LogP contribution in [0, 0.1) is 5.92 Å². The maximum atomic E-state index is 12.8. The van der Waals surface area contributed by atoms with Crippen LogP contribution >= 0.6 is 11.6 Å². The van der Waals surface area contributed by atoms with Crippen molar-refractivity contribution < 1.29 is 19.1 Å². The minimum absolute atomic E-state index is 0.0456. The van der Waals surface area contributed by atoms with Crippen LogP contribution in [-0.4, -0.2) is 69.0 Å². The SMILES string of the molecule is C=C/C(Cl)=C\C(OCCNC(C(=O)N(C)CC(=O)NCC)C1CC1)=C(/C)CCCNC=O. The maximum Gasteiger partial charge on any atom is 0.240 e. The summed E-state index contributed by atoms with van der Waals surface area (Å²) in [7, 11) is 1.65. The monoisotopic (exact) mass is 468 g/mol. The summed E-state index contributed by atoms with van der Waals surface area (Å²) in [6, 6.07) is -0.326. The van der Waals surface area contributed by atoms with E-state index in [2.05, 4.69) is 22.5 Å². The van der Waals surface area contributed by atoms with Gasteiger partial charge >= 0.3 is 0 Å². The Morgan fingerprint density at radius 2 is 2.03 bits per heavy atom. The number of ether oxygens (including phenoxy) is 1. The summed E-state index contributed by atoms with van der Waals surface area (Å²) in [5.74, 6) is 0.700. The lowest BCUT2D eigenvalue weighted by atomic mass is 10.1. The van der Waals surface area contributed by atoms with Gasteiger partial charge < -0.3 is 25.6 Å². The van der Waals surface area contributed by atoms with Crippen molar-refractivity contribution in [3.8, 4) is 0 Å². The molecule has 180 valence electrons. The van der Waals surface area contributed by atoms with Crippen molar-refractivity contribution in [1.82, 2.24) is 20.9 Å². The molecule has 0 spiro atoms. The Morgan fingerprint density at radius 1 is 1.31 bits per heavy atom. The number of halogens is 1. The smallest absolute Gasteiger partial charge is 0.240 e. The van der Waals surface area contributed by atoms with Gasteiger partial charge in [0.25, 0.3) is 0 Å². The summed E-state index contributed by atoms with van der Waals surface area (Å²) in [4.78, 5) is 36.5. The van der Waals surface area contributed by atoms with Crippen LogP contribution in [0.2, 0.25) is 0 Å². The molecule has 1 aliphatic carbocycles. The molecule has 0 bridgehead atoms. The molecule has 1 fully saturated rings. The van der Waals surface area contributed by atoms with Crippen LogP contribution in [0.15, 0.2) is 35.1 Å². The second kappa shape index (κ2) is 15.5. The third kappa shape index (κ3) is 10.8. The van der Waals surface area contributed by atoms with Crippen LogP contribution in [0.4, 0.5) is 0 Å². The van der Waals surface area contributed by atoms with Gasteiger partial charge in [0.2, 0.25) is 18.2 Å². The van der Waals surface area contributed by atoms with Gasteiger partial charge in [0.15, 0.2) is 0 Å². The van der Waals surface area contributed by atoms with E-state index < -0.39 is 0 Å². The fourth-order valence-corrected chi connectivity index (χ4v) is 3.25. The number of rotatable bonds is 17. The van der Waals surface area contributed by atoms with Gasteiger partial charge in [-0.25, -0.2) is 0 Å². The highest BCUT2D eigenvalue weighted by Crippen LogP contribution is 2.33. The molecule has 1 aliphatic rings. The molecule has 0 aliphatic heterocycles. The number of amides is 3. The number of nitrogens with zero attached hydrogens (tertiary/aromatic N) is 1. The van der Waals surface area contributed by atoms with Crippen molar-refractivity contribution in [1.29, 1.82) is 0 Å². The summed E-state index contributed by atoms with van der Waals surface area (Å²) in [6.07, 6.45) is 7.46. The van der Waals surface area contributed by atoms with Gasteiger partial charge in [-0.3, -0.25) is 14.4 Å². The normalized spacial score (nSPS) is 15.3. The first-order valence-corrected chi connectivity index (χ1v) is 11.5. The van der Waals surface area contributed by atoms with Gasteiger partial charge in [-0.2, -0.15) is 0 Å². The topological polar surface area (TPSA) is 99.8 Å². The summed E-state index contributed by atoms with van der Waals surface area (Å²) in [5.41, 5.74) is 1.01. The van der Waals surface area contributed by atoms with Gasteiger partial charge in [-0.1, -0.05) is 24.3 Å². The highest BCUT2D eigenvalue weighted by atomic mass is 35.5. The number of hydrogen-bond acceptors (Lipinski definition) is 5. The molecule has 1 unspecified atom stereocenters. The van der Waals surface area contributed by atoms with Gasteiger partial charge in [-0.15, -0.1) is 0 Å². The first-order valence-electron chi connectivity index (χ1n) is 11.1. The van der Waals surface area contributed by atoms with Crippen molar-refractivity contribution in [2.75, 3.05) is 39.8 Å². The maximum absolute atomic E-state index is 12.8. The Balaban J connectivity index is 2.63. The van der Waals surface area contributed by atoms with Crippen LogP contribution < -0.4 is 16.0 Å². The molecule has 0 radical (unpaired) electrons. The molecular weight excluding hydrogens is 432 g/mol. The van der Waals surface area contributed by atoms with Crippen molar-refractivity contribution in [3.63, 3.8) is 0 Å². The van der Waals surface area contributed by atoms with E-state index in [-0.39, 0.29) is 30.3 Å². The first-order chi connectivity index (χ1) is 15.3. The van der Waals surface area contributed by atoms with Crippen molar-refractivity contribution in [2.45, 2.75) is 45.6 Å². The fraction of sp³-hybridized carbons (Fsp3) is 0.609. The van der Waals surface area contributed by atoms with E-state index >= 15 is 0 Å². The molecule has 3 amide bonds. The van der Waals surface area contributed by atoms with E-state index in [4.69, 9.17) is 16.3 Å². The van der Waals surface area contributed by atoms with Crippen molar-refractivity contribution in [3.05, 3.63) is 35.1 Å². The average Bonchev–Trinajstić information content (AvgIpc) is 3.60. The molecule has 0 heterocycles. The van der Waals surface area contributed by atoms with E-state index in [9.17, 15) is 14.4 Å². The molecular formula is C23H37ClN4O4. The second-order valence-electron chi connectivity index (χ2n) is 7.82. The third-order valence-electron chi connectivity index (χ3n) is 5.06. The molecule has 1 rings (SSSR count). The summed E-state index contributed by atoms with van der Waals surface area (Å²) < 4.78 is 5.95. The molecule has 0 saturated heterocycles. The largest absolute Gasteiger partial charge is 0.492 e. The quantitative estimate of drug-likeness (QED) is 0.131. The summed E-state index contributed by atoms with van der Waals surface area (Å²) in [5, 5.41) is 9.12. The van der Waals surface area contributed by atoms with Gasteiger partial charge in [-0.05, 0) is 57.1 Å². The van der Waals surface area contributed by atoms with Crippen molar-refractivity contribution >= 4 is 29.8 Å². The minimum Gasteiger partial charge on any atom is -0.492 e. The average molecular weight is 469 g/mol. The lowest BCUT2D eigenvalue weighted by Crippen LogP contribution is -2.49. The zero-order valence-corrected chi connectivity index (χ0v) is 20.2. The number of likely N-dealkylation sites (N-methyl/N-ethyl adjacent to an activating group) is 2. The van der Waals surface area contributed by atoms with Crippen LogP contribution in [0.25, 0.3) is 0 Å². The lowest BCUT2D eigenvalue weighted by Gasteiger charge is -2.24. The molecule has 0 aromatic heterocycles. The number of carbonyl (C=O) groups excluding carboxylic acids is 3. The number of allylic oxidation sites excluding steroid dienone is 4. The molecule has 3 N–H and O–H groups in total. The van der Waals surface area contributed by atoms with Gasteiger partial charge in [0.05, 0.1) is 12.6 Å². The minimum atomic E-state index is -0.326. The molecule has 9 heteroatoms. The van der Waals surface area contributed by atoms with Crippen molar-refractivity contribution in [2.24, 2.45) is 5.92 Å². The van der Waals surface area contributed by atoms with Crippen LogP contribution in [0.1, 0.15) is 39.5 Å². The molecule has 1 atom stereocenters. The van der Waals surface area contributed by atoms with E-state index in [0.29, 0.717) is 43.4 Å². The highest BCUT2D eigenvalue weighted by Gasteiger charge is 2.37. The van der Waals surface area contributed by atoms with E-state index in [1.807, 2.05) is 13.8 Å². The van der Waals surface area contributed by atoms with E-state index in [0.717, 1.165) is 31.3 Å². The number of hydrogen-bond donors (Lipinski definition) is 3. The predicted octanol–water partition coefficient (Wildman–Crippen LogP) is 2.07. The molecule has 1 saturated carbocycles. The number of nitrogens with one attached hydrogen (secondary N) is 3. The lowest BCUT2D eigenvalue weighted by molar-refractivity contribution is -0.136. The summed E-state index contributed by atoms with van der Waals surface area (Å²) in [6.45, 7) is 9.47. The molecule has 0 aromatic carbocycles. The second-order valence-corrected chi connectivity index (χ2v) is 8.26. The first kappa shape index (κ1) is 27.7. The predicted molar refractivity (Wildman–Crippen MR) is 127 cm³/mol. The molecule has 32 heavy (non-hydrogen) atoms. The fourth-order valence-electron chi connectivity index (χ4n) is 3.15. The zero-order chi connectivity index (χ0) is 23.9. The Morgan fingerprint density at radius 3 is 2.62 bits per heavy atom. The van der Waals surface area contributed by atoms with Gasteiger partial charge in [0, 0.05) is 31.7 Å². The van der Waals surface area contributed by atoms with E-state index in [1.54, 1.807) is 13.1 Å². The Hall–Kier alpha value is -2.32. The zero-order valence-electron chi connectivity index (χ0n) is 19.4. The third-order valence-corrected chi connectivity index (χ3v) is 5.32. The van der Waals surface area contributed by atoms with E-state index in [1.165, 1.54) is 11.0 Å². The number of carbonyl (C=O) groups is 3. The van der Waals surface area contributed by atoms with Crippen LogP contribution in [-0.2, 0) is 19.1 Å². The Labute approximate surface area is 196 Å². The highest BCUT2D eigenvalue weighted by molar-refractivity contribution is 6.31. The Kier molecular flexibility index (Phi) is 13.4. The Bertz CT molecular complexity index is 704.